The Hall–Kier alpha value is -0.710. The van der Waals surface area contributed by atoms with Gasteiger partial charge in [-0.2, -0.15) is 0 Å². The Kier molecular flexibility index (Phi) is 3.40. The maximum absolute atomic E-state index is 12.5. The second kappa shape index (κ2) is 4.40. The smallest absolute Gasteiger partial charge is 0.164 e. The number of Topliss-reactive ketones (excluding diaryl/α,β-unsaturated/α-hetero) is 1. The average Bonchev–Trinajstić information content (AvgIpc) is 2.55. The molecule has 0 unspecified atom stereocenters. The van der Waals surface area contributed by atoms with Crippen molar-refractivity contribution in [2.75, 3.05) is 6.61 Å². The van der Waals surface area contributed by atoms with E-state index in [0.717, 1.165) is 0 Å². The Morgan fingerprint density at radius 2 is 1.89 bits per heavy atom. The van der Waals surface area contributed by atoms with E-state index < -0.39 is 17.6 Å². The highest BCUT2D eigenvalue weighted by Crippen LogP contribution is 2.55. The van der Waals surface area contributed by atoms with Gasteiger partial charge in [0, 0.05) is 12.5 Å². The number of carbonyl (C=O) groups excluding carboxylic acids is 1. The van der Waals surface area contributed by atoms with Crippen LogP contribution in [0.15, 0.2) is 11.1 Å². The number of hydrogen-bond acceptors (Lipinski definition) is 4. The molecule has 3 N–H and O–H groups in total. The number of ketones is 1. The summed E-state index contributed by atoms with van der Waals surface area (Å²) in [6.07, 6.45) is 0.200. The lowest BCUT2D eigenvalue weighted by atomic mass is 9.66. The Balaban J connectivity index is 2.51. The molecular weight excluding hydrogens is 244 g/mol. The van der Waals surface area contributed by atoms with Gasteiger partial charge in [-0.15, -0.1) is 0 Å². The number of rotatable bonds is 2. The summed E-state index contributed by atoms with van der Waals surface area (Å²) in [4.78, 5) is 12.5. The van der Waals surface area contributed by atoms with Crippen molar-refractivity contribution in [1.29, 1.82) is 0 Å². The van der Waals surface area contributed by atoms with E-state index >= 15 is 0 Å². The molecule has 1 fully saturated rings. The molecule has 19 heavy (non-hydrogen) atoms. The molecule has 4 heteroatoms. The van der Waals surface area contributed by atoms with E-state index in [0.29, 0.717) is 24.0 Å². The lowest BCUT2D eigenvalue weighted by Gasteiger charge is -2.41. The van der Waals surface area contributed by atoms with E-state index in [-0.39, 0.29) is 23.7 Å². The summed E-state index contributed by atoms with van der Waals surface area (Å²) in [5.41, 5.74) is -0.354. The number of hydrogen-bond donors (Lipinski definition) is 3. The zero-order valence-electron chi connectivity index (χ0n) is 12.1. The first kappa shape index (κ1) is 14.7. The molecule has 0 bridgehead atoms. The topological polar surface area (TPSA) is 77.8 Å². The predicted octanol–water partition coefficient (Wildman–Crippen LogP) is 1.04. The Bertz CT molecular complexity index is 433. The maximum Gasteiger partial charge on any atom is 0.164 e. The summed E-state index contributed by atoms with van der Waals surface area (Å²) in [5.74, 6) is -0.860. The zero-order valence-corrected chi connectivity index (χ0v) is 12.1. The monoisotopic (exact) mass is 268 g/mol. The molecule has 0 aromatic rings. The first-order valence-electron chi connectivity index (χ1n) is 6.90. The van der Waals surface area contributed by atoms with Crippen LogP contribution in [-0.4, -0.2) is 39.4 Å². The van der Waals surface area contributed by atoms with Crippen molar-refractivity contribution in [3.05, 3.63) is 11.1 Å². The largest absolute Gasteiger partial charge is 0.396 e. The van der Waals surface area contributed by atoms with Crippen LogP contribution in [0.3, 0.4) is 0 Å². The third kappa shape index (κ3) is 1.97. The molecular formula is C15H24O4. The highest BCUT2D eigenvalue weighted by molar-refractivity contribution is 6.00. The maximum atomic E-state index is 12.5. The van der Waals surface area contributed by atoms with Crippen molar-refractivity contribution in [2.24, 2.45) is 17.3 Å². The standard InChI is InChI=1S/C15H24O4/c1-8-9(5-6-16)15(4,19)10-7-14(2,3)13(18)11(10)12(8)17/h10-11,13,16,18-19H,5-7H2,1-4H3/t10-,11+,13+,15-/m0/s1. The fraction of sp³-hybridized carbons (Fsp3) is 0.800. The molecule has 4 atom stereocenters. The normalized spacial score (nSPS) is 41.6. The third-order valence-electron chi connectivity index (χ3n) is 5.14. The highest BCUT2D eigenvalue weighted by Gasteiger charge is 2.59. The summed E-state index contributed by atoms with van der Waals surface area (Å²) >= 11 is 0. The van der Waals surface area contributed by atoms with E-state index in [1.165, 1.54) is 0 Å². The summed E-state index contributed by atoms with van der Waals surface area (Å²) in [6.45, 7) is 7.18. The van der Waals surface area contributed by atoms with Gasteiger partial charge in [0.2, 0.25) is 0 Å². The minimum Gasteiger partial charge on any atom is -0.396 e. The second-order valence-electron chi connectivity index (χ2n) is 6.86. The third-order valence-corrected chi connectivity index (χ3v) is 5.14. The summed E-state index contributed by atoms with van der Waals surface area (Å²) in [7, 11) is 0. The molecule has 0 saturated heterocycles. The zero-order chi connectivity index (χ0) is 14.6. The van der Waals surface area contributed by atoms with E-state index in [4.69, 9.17) is 5.11 Å². The van der Waals surface area contributed by atoms with Crippen LogP contribution in [0.1, 0.15) is 40.5 Å². The van der Waals surface area contributed by atoms with Gasteiger partial charge in [-0.25, -0.2) is 0 Å². The molecule has 0 amide bonds. The molecule has 2 aliphatic carbocycles. The van der Waals surface area contributed by atoms with Gasteiger partial charge in [0.25, 0.3) is 0 Å². The molecule has 0 radical (unpaired) electrons. The van der Waals surface area contributed by atoms with Crippen LogP contribution < -0.4 is 0 Å². The van der Waals surface area contributed by atoms with Gasteiger partial charge in [-0.1, -0.05) is 13.8 Å². The van der Waals surface area contributed by atoms with E-state index in [9.17, 15) is 15.0 Å². The molecule has 0 spiro atoms. The van der Waals surface area contributed by atoms with E-state index in [1.54, 1.807) is 13.8 Å². The molecule has 4 nitrogen and oxygen atoms in total. The van der Waals surface area contributed by atoms with Crippen molar-refractivity contribution in [3.63, 3.8) is 0 Å². The van der Waals surface area contributed by atoms with Crippen LogP contribution >= 0.6 is 0 Å². The van der Waals surface area contributed by atoms with Crippen LogP contribution in [-0.2, 0) is 4.79 Å². The van der Waals surface area contributed by atoms with Crippen molar-refractivity contribution in [3.8, 4) is 0 Å². The van der Waals surface area contributed by atoms with Gasteiger partial charge >= 0.3 is 0 Å². The SMILES string of the molecule is CC1=C(CCO)[C@](C)(O)[C@H]2CC(C)(C)[C@H](O)[C@H]2C1=O. The molecule has 2 aliphatic rings. The first-order chi connectivity index (χ1) is 8.64. The van der Waals surface area contributed by atoms with Crippen LogP contribution in [0.5, 0.6) is 0 Å². The van der Waals surface area contributed by atoms with Gasteiger partial charge in [0.05, 0.1) is 17.6 Å². The molecule has 0 aliphatic heterocycles. The van der Waals surface area contributed by atoms with Crippen molar-refractivity contribution >= 4 is 5.78 Å². The minimum atomic E-state index is -1.12. The fourth-order valence-corrected chi connectivity index (χ4v) is 3.95. The summed E-state index contributed by atoms with van der Waals surface area (Å²) in [6, 6.07) is 0. The van der Waals surface area contributed by atoms with Crippen molar-refractivity contribution < 1.29 is 20.1 Å². The number of aliphatic hydroxyl groups excluding tert-OH is 2. The highest BCUT2D eigenvalue weighted by atomic mass is 16.3. The minimum absolute atomic E-state index is 0.0712. The number of aliphatic hydroxyl groups is 3. The Labute approximate surface area is 114 Å². The Morgan fingerprint density at radius 3 is 2.42 bits per heavy atom. The van der Waals surface area contributed by atoms with E-state index in [1.807, 2.05) is 13.8 Å². The van der Waals surface area contributed by atoms with Gasteiger partial charge in [0.1, 0.15) is 0 Å². The molecule has 0 aromatic heterocycles. The fourth-order valence-electron chi connectivity index (χ4n) is 3.95. The van der Waals surface area contributed by atoms with Crippen LogP contribution in [0.4, 0.5) is 0 Å². The molecule has 1 saturated carbocycles. The van der Waals surface area contributed by atoms with Crippen LogP contribution in [0.25, 0.3) is 0 Å². The molecule has 0 heterocycles. The van der Waals surface area contributed by atoms with E-state index in [2.05, 4.69) is 0 Å². The van der Waals surface area contributed by atoms with Crippen molar-refractivity contribution in [2.45, 2.75) is 52.2 Å². The van der Waals surface area contributed by atoms with Crippen LogP contribution in [0, 0.1) is 17.3 Å². The average molecular weight is 268 g/mol. The lowest BCUT2D eigenvalue weighted by molar-refractivity contribution is -0.130. The predicted molar refractivity (Wildman–Crippen MR) is 71.4 cm³/mol. The number of allylic oxidation sites excluding steroid dienone is 1. The summed E-state index contributed by atoms with van der Waals surface area (Å²) < 4.78 is 0. The molecule has 0 aromatic carbocycles. The van der Waals surface area contributed by atoms with Gasteiger partial charge in [-0.05, 0) is 43.3 Å². The molecule has 108 valence electrons. The van der Waals surface area contributed by atoms with Gasteiger partial charge < -0.3 is 15.3 Å². The van der Waals surface area contributed by atoms with Crippen LogP contribution in [0.2, 0.25) is 0 Å². The van der Waals surface area contributed by atoms with Gasteiger partial charge in [-0.3, -0.25) is 4.79 Å². The second-order valence-corrected chi connectivity index (χ2v) is 6.86. The van der Waals surface area contributed by atoms with Crippen molar-refractivity contribution in [1.82, 2.24) is 0 Å². The van der Waals surface area contributed by atoms with Gasteiger partial charge in [0.15, 0.2) is 5.78 Å². The quantitative estimate of drug-likeness (QED) is 0.699. The summed E-state index contributed by atoms with van der Waals surface area (Å²) in [5, 5.41) is 30.4. The first-order valence-corrected chi connectivity index (χ1v) is 6.90. The Morgan fingerprint density at radius 1 is 1.32 bits per heavy atom. The lowest BCUT2D eigenvalue weighted by Crippen LogP contribution is -2.48. The molecule has 2 rings (SSSR count). The number of carbonyl (C=O) groups is 1. The number of fused-ring (bicyclic) bond motifs is 1.